The second kappa shape index (κ2) is 7.70. The van der Waals surface area contributed by atoms with Gasteiger partial charge in [0.2, 0.25) is 5.91 Å². The van der Waals surface area contributed by atoms with Crippen molar-refractivity contribution in [3.05, 3.63) is 53.6 Å². The average Bonchev–Trinajstić information content (AvgIpc) is 3.22. The summed E-state index contributed by atoms with van der Waals surface area (Å²) in [6, 6.07) is 12.0. The highest BCUT2D eigenvalue weighted by Crippen LogP contribution is 2.41. The molecule has 4 rings (SSSR count). The number of nitrogens with one attached hydrogen (secondary N) is 2. The number of amides is 4. The largest absolute Gasteiger partial charge is 0.493 e. The summed E-state index contributed by atoms with van der Waals surface area (Å²) in [5.74, 6) is 0.171. The maximum absolute atomic E-state index is 13.1. The first-order chi connectivity index (χ1) is 14.5. The Labute approximate surface area is 174 Å². The van der Waals surface area contributed by atoms with Gasteiger partial charge in [0.25, 0.3) is 5.91 Å². The fraction of sp³-hybridized carbons (Fsp3) is 0.318. The van der Waals surface area contributed by atoms with E-state index in [1.165, 1.54) is 7.11 Å². The summed E-state index contributed by atoms with van der Waals surface area (Å²) >= 11 is 0. The van der Waals surface area contributed by atoms with Gasteiger partial charge in [0, 0.05) is 11.8 Å². The molecule has 1 unspecified atom stereocenters. The minimum atomic E-state index is -1.07. The third-order valence-corrected chi connectivity index (χ3v) is 5.47. The van der Waals surface area contributed by atoms with Crippen LogP contribution in [0.2, 0.25) is 0 Å². The van der Waals surface area contributed by atoms with Gasteiger partial charge in [-0.2, -0.15) is 0 Å². The van der Waals surface area contributed by atoms with Crippen molar-refractivity contribution >= 4 is 23.5 Å². The van der Waals surface area contributed by atoms with Crippen molar-refractivity contribution in [2.45, 2.75) is 25.3 Å². The Kier molecular flexibility index (Phi) is 5.07. The van der Waals surface area contributed by atoms with Crippen LogP contribution in [0.4, 0.5) is 10.5 Å². The second-order valence-electron chi connectivity index (χ2n) is 7.23. The summed E-state index contributed by atoms with van der Waals surface area (Å²) in [6.45, 7) is 1.98. The molecule has 156 valence electrons. The van der Waals surface area contributed by atoms with Crippen LogP contribution in [0.3, 0.4) is 0 Å². The Morgan fingerprint density at radius 2 is 2.00 bits per heavy atom. The highest BCUT2D eigenvalue weighted by atomic mass is 16.5. The second-order valence-corrected chi connectivity index (χ2v) is 7.23. The number of urea groups is 1. The summed E-state index contributed by atoms with van der Waals surface area (Å²) < 4.78 is 10.7. The van der Waals surface area contributed by atoms with Crippen LogP contribution in [0, 0.1) is 0 Å². The number of ether oxygens (including phenoxy) is 2. The Morgan fingerprint density at radius 3 is 2.77 bits per heavy atom. The van der Waals surface area contributed by atoms with E-state index in [9.17, 15) is 14.4 Å². The molecule has 0 radical (unpaired) electrons. The van der Waals surface area contributed by atoms with E-state index in [0.29, 0.717) is 36.6 Å². The SMILES string of the molecule is CCOc1ccc(NC(=O)CN2C(=O)NC3(CCc4ccccc43)C2=O)cc1OC. The van der Waals surface area contributed by atoms with Crippen LogP contribution in [0.1, 0.15) is 24.5 Å². The van der Waals surface area contributed by atoms with Crippen molar-refractivity contribution in [1.82, 2.24) is 10.2 Å². The minimum absolute atomic E-state index is 0.371. The molecule has 1 atom stereocenters. The predicted molar refractivity (Wildman–Crippen MR) is 109 cm³/mol. The molecule has 4 amide bonds. The first-order valence-corrected chi connectivity index (χ1v) is 9.81. The van der Waals surface area contributed by atoms with E-state index >= 15 is 0 Å². The van der Waals surface area contributed by atoms with Gasteiger partial charge in [-0.15, -0.1) is 0 Å². The lowest BCUT2D eigenvalue weighted by molar-refractivity contribution is -0.134. The van der Waals surface area contributed by atoms with Crippen LogP contribution in [-0.4, -0.2) is 43.0 Å². The van der Waals surface area contributed by atoms with Crippen LogP contribution >= 0.6 is 0 Å². The molecule has 2 aromatic carbocycles. The molecule has 0 aromatic heterocycles. The van der Waals surface area contributed by atoms with E-state index in [2.05, 4.69) is 10.6 Å². The smallest absolute Gasteiger partial charge is 0.325 e. The molecule has 1 heterocycles. The maximum Gasteiger partial charge on any atom is 0.325 e. The number of carbonyl (C=O) groups is 3. The third kappa shape index (κ3) is 3.24. The van der Waals surface area contributed by atoms with Crippen molar-refractivity contribution in [2.24, 2.45) is 0 Å². The Bertz CT molecular complexity index is 1020. The number of carbonyl (C=O) groups excluding carboxylic acids is 3. The first kappa shape index (κ1) is 19.8. The van der Waals surface area contributed by atoms with E-state index in [1.807, 2.05) is 31.2 Å². The number of aryl methyl sites for hydroxylation is 1. The molecule has 1 fully saturated rings. The van der Waals surface area contributed by atoms with E-state index in [1.54, 1.807) is 18.2 Å². The Balaban J connectivity index is 1.48. The zero-order valence-electron chi connectivity index (χ0n) is 16.9. The van der Waals surface area contributed by atoms with Crippen molar-refractivity contribution < 1.29 is 23.9 Å². The Hall–Kier alpha value is -3.55. The summed E-state index contributed by atoms with van der Waals surface area (Å²) in [4.78, 5) is 39.2. The molecule has 2 N–H and O–H groups in total. The van der Waals surface area contributed by atoms with Gasteiger partial charge in [-0.25, -0.2) is 4.79 Å². The topological polar surface area (TPSA) is 97.0 Å². The summed E-state index contributed by atoms with van der Waals surface area (Å²) in [6.07, 6.45) is 1.19. The molecule has 30 heavy (non-hydrogen) atoms. The number of methoxy groups -OCH3 is 1. The van der Waals surface area contributed by atoms with E-state index in [-0.39, 0.29) is 6.54 Å². The van der Waals surface area contributed by atoms with Gasteiger partial charge in [-0.3, -0.25) is 14.5 Å². The summed E-state index contributed by atoms with van der Waals surface area (Å²) in [7, 11) is 1.51. The van der Waals surface area contributed by atoms with Crippen molar-refractivity contribution in [3.63, 3.8) is 0 Å². The van der Waals surface area contributed by atoms with Gasteiger partial charge < -0.3 is 20.1 Å². The lowest BCUT2D eigenvalue weighted by atomic mass is 9.92. The number of imide groups is 1. The van der Waals surface area contributed by atoms with Crippen molar-refractivity contribution in [2.75, 3.05) is 25.6 Å². The van der Waals surface area contributed by atoms with Gasteiger partial charge in [0.05, 0.1) is 13.7 Å². The molecule has 1 aliphatic carbocycles. The van der Waals surface area contributed by atoms with E-state index in [0.717, 1.165) is 16.0 Å². The molecule has 0 saturated carbocycles. The van der Waals surface area contributed by atoms with Gasteiger partial charge in [0.1, 0.15) is 12.1 Å². The molecule has 1 aliphatic heterocycles. The molecule has 1 spiro atoms. The molecule has 2 aromatic rings. The van der Waals surface area contributed by atoms with Crippen molar-refractivity contribution in [1.29, 1.82) is 0 Å². The molecule has 2 aliphatic rings. The fourth-order valence-corrected chi connectivity index (χ4v) is 4.10. The first-order valence-electron chi connectivity index (χ1n) is 9.81. The lowest BCUT2D eigenvalue weighted by Crippen LogP contribution is -2.42. The highest BCUT2D eigenvalue weighted by Gasteiger charge is 2.55. The van der Waals surface area contributed by atoms with Crippen LogP contribution < -0.4 is 20.1 Å². The predicted octanol–water partition coefficient (Wildman–Crippen LogP) is 2.43. The monoisotopic (exact) mass is 409 g/mol. The lowest BCUT2D eigenvalue weighted by Gasteiger charge is -2.22. The highest BCUT2D eigenvalue weighted by molar-refractivity contribution is 6.10. The third-order valence-electron chi connectivity index (χ3n) is 5.47. The van der Waals surface area contributed by atoms with Gasteiger partial charge >= 0.3 is 6.03 Å². The Morgan fingerprint density at radius 1 is 1.20 bits per heavy atom. The van der Waals surface area contributed by atoms with E-state index in [4.69, 9.17) is 9.47 Å². The van der Waals surface area contributed by atoms with Gasteiger partial charge in [0.15, 0.2) is 11.5 Å². The number of nitrogens with zero attached hydrogens (tertiary/aromatic N) is 1. The summed E-state index contributed by atoms with van der Waals surface area (Å²) in [5, 5.41) is 5.52. The number of rotatable bonds is 6. The van der Waals surface area contributed by atoms with Crippen LogP contribution in [-0.2, 0) is 21.5 Å². The molecule has 8 heteroatoms. The zero-order valence-corrected chi connectivity index (χ0v) is 16.9. The quantitative estimate of drug-likeness (QED) is 0.715. The van der Waals surface area contributed by atoms with Crippen LogP contribution in [0.5, 0.6) is 11.5 Å². The van der Waals surface area contributed by atoms with Gasteiger partial charge in [-0.05, 0) is 43.0 Å². The number of anilines is 1. The minimum Gasteiger partial charge on any atom is -0.493 e. The van der Waals surface area contributed by atoms with Crippen LogP contribution in [0.15, 0.2) is 42.5 Å². The molecule has 1 saturated heterocycles. The number of fused-ring (bicyclic) bond motifs is 2. The molecule has 8 nitrogen and oxygen atoms in total. The van der Waals surface area contributed by atoms with E-state index < -0.39 is 23.4 Å². The molecular formula is C22H23N3O5. The molecule has 0 bridgehead atoms. The fourth-order valence-electron chi connectivity index (χ4n) is 4.10. The molecular weight excluding hydrogens is 386 g/mol. The number of hydrogen-bond donors (Lipinski definition) is 2. The number of hydrogen-bond acceptors (Lipinski definition) is 5. The summed E-state index contributed by atoms with van der Waals surface area (Å²) in [5.41, 5.74) is 1.26. The van der Waals surface area contributed by atoms with Crippen molar-refractivity contribution in [3.8, 4) is 11.5 Å². The number of benzene rings is 2. The zero-order chi connectivity index (χ0) is 21.3. The maximum atomic E-state index is 13.1. The van der Waals surface area contributed by atoms with Crippen LogP contribution in [0.25, 0.3) is 0 Å². The average molecular weight is 409 g/mol. The standard InChI is InChI=1S/C22H23N3O5/c1-3-30-17-9-8-15(12-18(17)29-2)23-19(26)13-25-20(27)22(24-21(25)28)11-10-14-6-4-5-7-16(14)22/h4-9,12H,3,10-11,13H2,1-2H3,(H,23,26)(H,24,28). The van der Waals surface area contributed by atoms with Gasteiger partial charge in [-0.1, -0.05) is 24.3 Å². The normalized spacial score (nSPS) is 19.6.